The molecule has 0 bridgehead atoms. The molecule has 6 heteroatoms. The minimum absolute atomic E-state index is 0.280. The zero-order chi connectivity index (χ0) is 11.7. The maximum atomic E-state index is 5.91. The number of hydrogen-bond acceptors (Lipinski definition) is 4. The van der Waals surface area contributed by atoms with Crippen LogP contribution >= 0.6 is 23.4 Å². The van der Waals surface area contributed by atoms with Gasteiger partial charge in [-0.3, -0.25) is 0 Å². The summed E-state index contributed by atoms with van der Waals surface area (Å²) < 4.78 is 0. The van der Waals surface area contributed by atoms with E-state index in [9.17, 15) is 0 Å². The van der Waals surface area contributed by atoms with Crippen molar-refractivity contribution in [1.29, 1.82) is 0 Å². The summed E-state index contributed by atoms with van der Waals surface area (Å²) in [5, 5.41) is 1.87. The minimum Gasteiger partial charge on any atom is -0.341 e. The number of fused-ring (bicyclic) bond motifs is 1. The molecule has 3 rings (SSSR count). The largest absolute Gasteiger partial charge is 0.341 e. The molecule has 2 heterocycles. The molecule has 1 aliphatic rings. The monoisotopic (exact) mass is 268 g/mol. The van der Waals surface area contributed by atoms with Crippen molar-refractivity contribution in [2.75, 3.05) is 0 Å². The molecule has 17 heavy (non-hydrogen) atoms. The molecule has 0 spiro atoms. The van der Waals surface area contributed by atoms with Gasteiger partial charge in [-0.25, -0.2) is 9.97 Å². The van der Waals surface area contributed by atoms with Crippen LogP contribution < -0.4 is 0 Å². The molecule has 0 aliphatic heterocycles. The third-order valence-corrected chi connectivity index (χ3v) is 4.55. The number of nitrogens with zero attached hydrogens (tertiary/aromatic N) is 3. The number of H-pyrrole nitrogens is 1. The second-order valence-corrected chi connectivity index (χ2v) is 5.90. The van der Waals surface area contributed by atoms with Crippen LogP contribution in [0.2, 0.25) is 5.28 Å². The molecule has 0 radical (unpaired) electrons. The molecule has 1 saturated carbocycles. The van der Waals surface area contributed by atoms with Gasteiger partial charge in [-0.1, -0.05) is 19.3 Å². The Balaban J connectivity index is 1.90. The average Bonchev–Trinajstić information content (AvgIpc) is 2.78. The smallest absolute Gasteiger partial charge is 0.225 e. The van der Waals surface area contributed by atoms with E-state index in [1.54, 1.807) is 18.1 Å². The van der Waals surface area contributed by atoms with Gasteiger partial charge in [0.1, 0.15) is 10.5 Å². The van der Waals surface area contributed by atoms with Gasteiger partial charge in [0.15, 0.2) is 5.65 Å². The van der Waals surface area contributed by atoms with Crippen molar-refractivity contribution in [3.05, 3.63) is 11.6 Å². The topological polar surface area (TPSA) is 54.5 Å². The standard InChI is InChI=1S/C11H13ClN4S/c12-11-15-9-8(13-6-14-9)10(16-11)17-7-4-2-1-3-5-7/h6-7H,1-5H2,(H,13,14,15,16). The highest BCUT2D eigenvalue weighted by molar-refractivity contribution is 8.00. The first kappa shape index (κ1) is 11.3. The van der Waals surface area contributed by atoms with E-state index in [1.807, 2.05) is 0 Å². The predicted octanol–water partition coefficient (Wildman–Crippen LogP) is 3.43. The number of hydrogen-bond donors (Lipinski definition) is 1. The summed E-state index contributed by atoms with van der Waals surface area (Å²) in [6.45, 7) is 0. The van der Waals surface area contributed by atoms with Crippen LogP contribution in [0.3, 0.4) is 0 Å². The normalized spacial score (nSPS) is 17.7. The third-order valence-electron chi connectivity index (χ3n) is 3.06. The second kappa shape index (κ2) is 4.82. The molecule has 0 unspecified atom stereocenters. The minimum atomic E-state index is 0.280. The second-order valence-electron chi connectivity index (χ2n) is 4.28. The van der Waals surface area contributed by atoms with Gasteiger partial charge in [-0.05, 0) is 24.4 Å². The van der Waals surface area contributed by atoms with Crippen molar-refractivity contribution in [3.63, 3.8) is 0 Å². The Morgan fingerprint density at radius 1 is 1.24 bits per heavy atom. The lowest BCUT2D eigenvalue weighted by Crippen LogP contribution is -2.08. The van der Waals surface area contributed by atoms with Crippen LogP contribution in [-0.4, -0.2) is 25.2 Å². The molecule has 0 atom stereocenters. The van der Waals surface area contributed by atoms with Crippen LogP contribution in [0.5, 0.6) is 0 Å². The van der Waals surface area contributed by atoms with Crippen LogP contribution in [-0.2, 0) is 0 Å². The van der Waals surface area contributed by atoms with Crippen molar-refractivity contribution in [2.24, 2.45) is 0 Å². The first-order valence-corrected chi connectivity index (χ1v) is 7.12. The van der Waals surface area contributed by atoms with Crippen LogP contribution in [0.15, 0.2) is 11.4 Å². The molecule has 0 saturated heterocycles. The summed E-state index contributed by atoms with van der Waals surface area (Å²) in [7, 11) is 0. The number of aromatic amines is 1. The number of aromatic nitrogens is 4. The van der Waals surface area contributed by atoms with Crippen molar-refractivity contribution < 1.29 is 0 Å². The summed E-state index contributed by atoms with van der Waals surface area (Å²) in [6.07, 6.45) is 8.18. The highest BCUT2D eigenvalue weighted by atomic mass is 35.5. The summed E-state index contributed by atoms with van der Waals surface area (Å²) in [5.74, 6) is 0. The van der Waals surface area contributed by atoms with Crippen LogP contribution in [0.1, 0.15) is 32.1 Å². The fourth-order valence-corrected chi connectivity index (χ4v) is 3.71. The lowest BCUT2D eigenvalue weighted by atomic mass is 10.0. The van der Waals surface area contributed by atoms with Crippen molar-refractivity contribution in [1.82, 2.24) is 19.9 Å². The summed E-state index contributed by atoms with van der Waals surface area (Å²) >= 11 is 7.72. The highest BCUT2D eigenvalue weighted by Crippen LogP contribution is 2.35. The summed E-state index contributed by atoms with van der Waals surface area (Å²) in [5.41, 5.74) is 1.56. The molecule has 0 aromatic carbocycles. The van der Waals surface area contributed by atoms with Crippen molar-refractivity contribution in [2.45, 2.75) is 42.4 Å². The Morgan fingerprint density at radius 3 is 2.88 bits per heavy atom. The predicted molar refractivity (Wildman–Crippen MR) is 69.4 cm³/mol. The van der Waals surface area contributed by atoms with Gasteiger partial charge >= 0.3 is 0 Å². The number of nitrogens with one attached hydrogen (secondary N) is 1. The van der Waals surface area contributed by atoms with Crippen LogP contribution in [0.25, 0.3) is 11.2 Å². The molecule has 1 aliphatic carbocycles. The van der Waals surface area contributed by atoms with E-state index in [-0.39, 0.29) is 5.28 Å². The van der Waals surface area contributed by atoms with Gasteiger partial charge < -0.3 is 4.98 Å². The Morgan fingerprint density at radius 2 is 2.06 bits per heavy atom. The maximum absolute atomic E-state index is 5.91. The van der Waals surface area contributed by atoms with Gasteiger partial charge in [0.05, 0.1) is 6.33 Å². The molecule has 4 nitrogen and oxygen atoms in total. The van der Waals surface area contributed by atoms with E-state index in [2.05, 4.69) is 19.9 Å². The first-order chi connectivity index (χ1) is 8.33. The molecule has 90 valence electrons. The van der Waals surface area contributed by atoms with Crippen molar-refractivity contribution in [3.8, 4) is 0 Å². The SMILES string of the molecule is Clc1nc(SC2CCCCC2)c2[nH]cnc2n1. The van der Waals surface area contributed by atoms with Crippen molar-refractivity contribution >= 4 is 34.5 Å². The van der Waals surface area contributed by atoms with Crippen LogP contribution in [0, 0.1) is 0 Å². The summed E-state index contributed by atoms with van der Waals surface area (Å²) in [4.78, 5) is 15.6. The van der Waals surface area contributed by atoms with E-state index in [4.69, 9.17) is 11.6 Å². The number of halogens is 1. The Labute approximate surface area is 109 Å². The van der Waals surface area contributed by atoms with E-state index in [0.717, 1.165) is 10.5 Å². The van der Waals surface area contributed by atoms with E-state index < -0.39 is 0 Å². The van der Waals surface area contributed by atoms with E-state index >= 15 is 0 Å². The first-order valence-electron chi connectivity index (χ1n) is 5.86. The Bertz CT molecular complexity index is 521. The quantitative estimate of drug-likeness (QED) is 0.670. The number of rotatable bonds is 2. The fraction of sp³-hybridized carbons (Fsp3) is 0.545. The molecular formula is C11H13ClN4S. The van der Waals surface area contributed by atoms with E-state index in [1.165, 1.54) is 32.1 Å². The van der Waals surface area contributed by atoms with Gasteiger partial charge in [0, 0.05) is 5.25 Å². The zero-order valence-corrected chi connectivity index (χ0v) is 10.9. The Hall–Kier alpha value is -0.810. The summed E-state index contributed by atoms with van der Waals surface area (Å²) in [6, 6.07) is 0. The van der Waals surface area contributed by atoms with Gasteiger partial charge in [0.25, 0.3) is 0 Å². The molecule has 2 aromatic heterocycles. The molecule has 1 N–H and O–H groups in total. The van der Waals surface area contributed by atoms with Gasteiger partial charge in [-0.2, -0.15) is 4.98 Å². The van der Waals surface area contributed by atoms with Gasteiger partial charge in [-0.15, -0.1) is 11.8 Å². The van der Waals surface area contributed by atoms with Crippen LogP contribution in [0.4, 0.5) is 0 Å². The zero-order valence-electron chi connectivity index (χ0n) is 9.32. The van der Waals surface area contributed by atoms with Gasteiger partial charge in [0.2, 0.25) is 5.28 Å². The highest BCUT2D eigenvalue weighted by Gasteiger charge is 2.18. The molecule has 2 aromatic rings. The fourth-order valence-electron chi connectivity index (χ4n) is 2.21. The number of imidazole rings is 1. The third kappa shape index (κ3) is 2.40. The average molecular weight is 269 g/mol. The maximum Gasteiger partial charge on any atom is 0.225 e. The van der Waals surface area contributed by atoms with E-state index in [0.29, 0.717) is 10.9 Å². The number of thioether (sulfide) groups is 1. The Kier molecular flexibility index (Phi) is 3.20. The molecule has 0 amide bonds. The molecular weight excluding hydrogens is 256 g/mol. The molecule has 1 fully saturated rings. The lowest BCUT2D eigenvalue weighted by Gasteiger charge is -2.20. The lowest BCUT2D eigenvalue weighted by molar-refractivity contribution is 0.516.